The average Bonchev–Trinajstić information content (AvgIpc) is 2.29. The largest absolute Gasteiger partial charge is 0.325 e. The maximum Gasteiger partial charge on any atom is 0.256 e. The molecule has 0 aliphatic rings. The molecule has 2 rings (SSSR count). The first kappa shape index (κ1) is 10.9. The zero-order chi connectivity index (χ0) is 11.5. The minimum atomic E-state index is 0.0241. The molecule has 1 aromatic heterocycles. The van der Waals surface area contributed by atoms with E-state index in [0.29, 0.717) is 5.92 Å². The number of H-pyrrole nitrogens is 1. The van der Waals surface area contributed by atoms with Crippen molar-refractivity contribution in [3.63, 3.8) is 0 Å². The Hall–Kier alpha value is -1.57. The number of pyridine rings is 1. The van der Waals surface area contributed by atoms with E-state index in [9.17, 15) is 4.79 Å². The van der Waals surface area contributed by atoms with Crippen LogP contribution in [0.4, 0.5) is 0 Å². The maximum atomic E-state index is 11.9. The van der Waals surface area contributed by atoms with Crippen LogP contribution in [0.2, 0.25) is 0 Å². The Kier molecular flexibility index (Phi) is 3.09. The van der Waals surface area contributed by atoms with Crippen molar-refractivity contribution in [1.29, 1.82) is 0 Å². The van der Waals surface area contributed by atoms with Gasteiger partial charge in [0.05, 0.1) is 0 Å². The second kappa shape index (κ2) is 4.52. The van der Waals surface area contributed by atoms with Crippen molar-refractivity contribution in [2.45, 2.75) is 32.6 Å². The van der Waals surface area contributed by atoms with Crippen LogP contribution < -0.4 is 5.56 Å². The third kappa shape index (κ3) is 2.01. The quantitative estimate of drug-likeness (QED) is 0.836. The van der Waals surface area contributed by atoms with E-state index in [0.717, 1.165) is 29.3 Å². The van der Waals surface area contributed by atoms with Crippen LogP contribution in [0.3, 0.4) is 0 Å². The molecule has 0 fully saturated rings. The molecule has 0 saturated heterocycles. The van der Waals surface area contributed by atoms with Gasteiger partial charge in [-0.2, -0.15) is 0 Å². The lowest BCUT2D eigenvalue weighted by molar-refractivity contribution is 0.647. The standard InChI is InChI=1S/C14H17NO/c1-3-6-10(2)13-9-11-7-4-5-8-12(11)14(16)15-13/h4-5,7-10H,3,6H2,1-2H3,(H,15,16). The van der Waals surface area contributed by atoms with Crippen LogP contribution in [0.25, 0.3) is 10.8 Å². The van der Waals surface area contributed by atoms with Gasteiger partial charge in [0.15, 0.2) is 0 Å². The number of fused-ring (bicyclic) bond motifs is 1. The highest BCUT2D eigenvalue weighted by Crippen LogP contribution is 2.20. The predicted octanol–water partition coefficient (Wildman–Crippen LogP) is 3.43. The molecule has 1 N–H and O–H groups in total. The zero-order valence-electron chi connectivity index (χ0n) is 9.79. The molecule has 1 atom stereocenters. The number of benzene rings is 1. The monoisotopic (exact) mass is 215 g/mol. The number of aromatic nitrogens is 1. The van der Waals surface area contributed by atoms with Gasteiger partial charge in [-0.15, -0.1) is 0 Å². The van der Waals surface area contributed by atoms with Crippen molar-refractivity contribution >= 4 is 10.8 Å². The SMILES string of the molecule is CCCC(C)c1cc2ccccc2c(=O)[nH]1. The fourth-order valence-electron chi connectivity index (χ4n) is 2.09. The fraction of sp³-hybridized carbons (Fsp3) is 0.357. The highest BCUT2D eigenvalue weighted by atomic mass is 16.1. The third-order valence-corrected chi connectivity index (χ3v) is 3.03. The molecule has 2 aromatic rings. The molecular weight excluding hydrogens is 198 g/mol. The Morgan fingerprint density at radius 1 is 1.31 bits per heavy atom. The summed E-state index contributed by atoms with van der Waals surface area (Å²) >= 11 is 0. The Morgan fingerprint density at radius 2 is 2.06 bits per heavy atom. The van der Waals surface area contributed by atoms with Crippen LogP contribution in [0.15, 0.2) is 35.1 Å². The molecule has 16 heavy (non-hydrogen) atoms. The molecule has 1 unspecified atom stereocenters. The van der Waals surface area contributed by atoms with Crippen LogP contribution in [0.1, 0.15) is 38.3 Å². The summed E-state index contributed by atoms with van der Waals surface area (Å²) in [7, 11) is 0. The van der Waals surface area contributed by atoms with E-state index in [-0.39, 0.29) is 5.56 Å². The highest BCUT2D eigenvalue weighted by molar-refractivity contribution is 5.81. The van der Waals surface area contributed by atoms with Crippen molar-refractivity contribution < 1.29 is 0 Å². The van der Waals surface area contributed by atoms with E-state index < -0.39 is 0 Å². The summed E-state index contributed by atoms with van der Waals surface area (Å²) in [5.74, 6) is 0.419. The Morgan fingerprint density at radius 3 is 2.81 bits per heavy atom. The molecule has 1 heterocycles. The summed E-state index contributed by atoms with van der Waals surface area (Å²) in [5, 5.41) is 1.80. The van der Waals surface area contributed by atoms with E-state index in [2.05, 4.69) is 24.9 Å². The smallest absolute Gasteiger partial charge is 0.256 e. The summed E-state index contributed by atoms with van der Waals surface area (Å²) in [6.07, 6.45) is 2.24. The summed E-state index contributed by atoms with van der Waals surface area (Å²) in [6.45, 7) is 4.32. The Bertz CT molecular complexity index is 542. The van der Waals surface area contributed by atoms with Gasteiger partial charge < -0.3 is 4.98 Å². The molecule has 0 saturated carbocycles. The zero-order valence-corrected chi connectivity index (χ0v) is 9.79. The maximum absolute atomic E-state index is 11.9. The molecule has 2 heteroatoms. The van der Waals surface area contributed by atoms with E-state index in [1.807, 2.05) is 24.3 Å². The molecule has 0 radical (unpaired) electrons. The minimum absolute atomic E-state index is 0.0241. The first-order valence-corrected chi connectivity index (χ1v) is 5.84. The van der Waals surface area contributed by atoms with E-state index >= 15 is 0 Å². The number of rotatable bonds is 3. The van der Waals surface area contributed by atoms with Crippen LogP contribution in [0.5, 0.6) is 0 Å². The molecule has 0 spiro atoms. The van der Waals surface area contributed by atoms with E-state index in [1.165, 1.54) is 0 Å². The molecule has 2 nitrogen and oxygen atoms in total. The van der Waals surface area contributed by atoms with Gasteiger partial charge in [-0.1, -0.05) is 38.5 Å². The summed E-state index contributed by atoms with van der Waals surface area (Å²) in [4.78, 5) is 14.8. The molecule has 84 valence electrons. The topological polar surface area (TPSA) is 32.9 Å². The van der Waals surface area contributed by atoms with Crippen molar-refractivity contribution in [3.05, 3.63) is 46.4 Å². The number of hydrogen-bond acceptors (Lipinski definition) is 1. The molecular formula is C14H17NO. The summed E-state index contributed by atoms with van der Waals surface area (Å²) < 4.78 is 0. The number of nitrogens with one attached hydrogen (secondary N) is 1. The van der Waals surface area contributed by atoms with Gasteiger partial charge in [-0.3, -0.25) is 4.79 Å². The van der Waals surface area contributed by atoms with Gasteiger partial charge >= 0.3 is 0 Å². The lowest BCUT2D eigenvalue weighted by atomic mass is 10.00. The van der Waals surface area contributed by atoms with E-state index in [4.69, 9.17) is 0 Å². The molecule has 0 amide bonds. The summed E-state index contributed by atoms with van der Waals surface area (Å²) in [5.41, 5.74) is 1.07. The van der Waals surface area contributed by atoms with Gasteiger partial charge in [0, 0.05) is 11.1 Å². The third-order valence-electron chi connectivity index (χ3n) is 3.03. The molecule has 1 aromatic carbocycles. The first-order valence-electron chi connectivity index (χ1n) is 5.84. The Balaban J connectivity index is 2.54. The van der Waals surface area contributed by atoms with Crippen molar-refractivity contribution in [2.75, 3.05) is 0 Å². The summed E-state index contributed by atoms with van der Waals surface area (Å²) in [6, 6.07) is 9.81. The van der Waals surface area contributed by atoms with Crippen LogP contribution in [-0.4, -0.2) is 4.98 Å². The average molecular weight is 215 g/mol. The number of hydrogen-bond donors (Lipinski definition) is 1. The van der Waals surface area contributed by atoms with E-state index in [1.54, 1.807) is 0 Å². The minimum Gasteiger partial charge on any atom is -0.325 e. The van der Waals surface area contributed by atoms with Gasteiger partial charge in [-0.05, 0) is 29.9 Å². The lowest BCUT2D eigenvalue weighted by Gasteiger charge is -2.10. The van der Waals surface area contributed by atoms with Crippen LogP contribution in [-0.2, 0) is 0 Å². The van der Waals surface area contributed by atoms with Crippen LogP contribution >= 0.6 is 0 Å². The molecule has 0 aliphatic heterocycles. The normalized spacial score (nSPS) is 12.9. The van der Waals surface area contributed by atoms with Crippen molar-refractivity contribution in [1.82, 2.24) is 4.98 Å². The van der Waals surface area contributed by atoms with Crippen LogP contribution in [0, 0.1) is 0 Å². The molecule has 0 aliphatic carbocycles. The van der Waals surface area contributed by atoms with Gasteiger partial charge in [0.25, 0.3) is 5.56 Å². The lowest BCUT2D eigenvalue weighted by Crippen LogP contribution is -2.10. The number of aromatic amines is 1. The second-order valence-corrected chi connectivity index (χ2v) is 4.33. The second-order valence-electron chi connectivity index (χ2n) is 4.33. The van der Waals surface area contributed by atoms with Crippen molar-refractivity contribution in [3.8, 4) is 0 Å². The fourth-order valence-corrected chi connectivity index (χ4v) is 2.09. The first-order chi connectivity index (χ1) is 7.72. The van der Waals surface area contributed by atoms with Gasteiger partial charge in [-0.25, -0.2) is 0 Å². The van der Waals surface area contributed by atoms with Gasteiger partial charge in [0.1, 0.15) is 0 Å². The van der Waals surface area contributed by atoms with Crippen molar-refractivity contribution in [2.24, 2.45) is 0 Å². The highest BCUT2D eigenvalue weighted by Gasteiger charge is 2.07. The predicted molar refractivity (Wildman–Crippen MR) is 67.9 cm³/mol. The van der Waals surface area contributed by atoms with Gasteiger partial charge in [0.2, 0.25) is 0 Å². The molecule has 0 bridgehead atoms. The Labute approximate surface area is 95.3 Å².